The van der Waals surface area contributed by atoms with Crippen LogP contribution in [0.1, 0.15) is 13.3 Å². The molecule has 0 saturated carbocycles. The van der Waals surface area contributed by atoms with Crippen molar-refractivity contribution in [3.63, 3.8) is 0 Å². The van der Waals surface area contributed by atoms with Crippen molar-refractivity contribution in [1.82, 2.24) is 0 Å². The Morgan fingerprint density at radius 1 is 1.39 bits per heavy atom. The van der Waals surface area contributed by atoms with Gasteiger partial charge in [0.1, 0.15) is 12.4 Å². The second-order valence-electron chi connectivity index (χ2n) is 3.43. The van der Waals surface area contributed by atoms with Gasteiger partial charge in [-0.2, -0.15) is 0 Å². The smallest absolute Gasteiger partial charge is 0.238 e. The van der Waals surface area contributed by atoms with Crippen LogP contribution in [0.25, 0.3) is 0 Å². The Bertz CT molecular complexity index is 500. The molecule has 0 aromatic heterocycles. The number of rotatable bonds is 5. The van der Waals surface area contributed by atoms with Crippen LogP contribution in [-0.2, 0) is 10.0 Å². The molecule has 0 saturated heterocycles. The first-order valence-corrected chi connectivity index (χ1v) is 6.55. The van der Waals surface area contributed by atoms with Gasteiger partial charge in [0.15, 0.2) is 0 Å². The summed E-state index contributed by atoms with van der Waals surface area (Å²) < 4.78 is 39.5. The molecule has 0 bridgehead atoms. The van der Waals surface area contributed by atoms with E-state index in [4.69, 9.17) is 9.88 Å². The van der Waals surface area contributed by atoms with Crippen molar-refractivity contribution >= 4 is 22.4 Å². The Balaban J connectivity index is 0.00000289. The van der Waals surface area contributed by atoms with E-state index >= 15 is 0 Å². The van der Waals surface area contributed by atoms with E-state index in [2.05, 4.69) is 0 Å². The number of hydrogen-bond acceptors (Lipinski definition) is 3. The molecule has 0 aliphatic heterocycles. The molecule has 0 spiro atoms. The molecule has 18 heavy (non-hydrogen) atoms. The zero-order valence-corrected chi connectivity index (χ0v) is 11.4. The van der Waals surface area contributed by atoms with Crippen molar-refractivity contribution in [2.24, 2.45) is 5.14 Å². The Hall–Kier alpha value is -1.11. The fourth-order valence-electron chi connectivity index (χ4n) is 1.11. The van der Waals surface area contributed by atoms with Crippen LogP contribution in [0, 0.1) is 0 Å². The van der Waals surface area contributed by atoms with Crippen LogP contribution in [-0.4, -0.2) is 15.0 Å². The maximum atomic E-state index is 12.2. The van der Waals surface area contributed by atoms with Gasteiger partial charge in [0.2, 0.25) is 10.0 Å². The molecule has 0 aliphatic carbocycles. The fraction of sp³-hybridized carbons (Fsp3) is 0.273. The van der Waals surface area contributed by atoms with Gasteiger partial charge in [-0.15, -0.1) is 12.4 Å². The monoisotopic (exact) mass is 295 g/mol. The van der Waals surface area contributed by atoms with Crippen LogP contribution >= 0.6 is 12.4 Å². The first-order valence-electron chi connectivity index (χ1n) is 5.01. The molecule has 2 N–H and O–H groups in total. The van der Waals surface area contributed by atoms with E-state index in [1.165, 1.54) is 24.3 Å². The van der Waals surface area contributed by atoms with Crippen LogP contribution in [0.3, 0.4) is 0 Å². The lowest BCUT2D eigenvalue weighted by Gasteiger charge is -2.07. The summed E-state index contributed by atoms with van der Waals surface area (Å²) in [6.07, 6.45) is 1.07. The predicted molar refractivity (Wildman–Crippen MR) is 70.0 cm³/mol. The minimum Gasteiger partial charge on any atom is -0.489 e. The number of halogens is 2. The fourth-order valence-corrected chi connectivity index (χ4v) is 1.63. The van der Waals surface area contributed by atoms with Crippen LogP contribution in [0.5, 0.6) is 5.75 Å². The third kappa shape index (κ3) is 5.03. The minimum absolute atomic E-state index is 0. The van der Waals surface area contributed by atoms with Crippen molar-refractivity contribution in [1.29, 1.82) is 0 Å². The maximum Gasteiger partial charge on any atom is 0.238 e. The lowest BCUT2D eigenvalue weighted by Crippen LogP contribution is -2.11. The van der Waals surface area contributed by atoms with Crippen molar-refractivity contribution in [3.05, 3.63) is 36.2 Å². The summed E-state index contributed by atoms with van der Waals surface area (Å²) in [4.78, 5) is 0.0154. The van der Waals surface area contributed by atoms with Crippen molar-refractivity contribution < 1.29 is 17.5 Å². The van der Waals surface area contributed by atoms with E-state index in [1.807, 2.05) is 6.92 Å². The summed E-state index contributed by atoms with van der Waals surface area (Å²) in [5, 5.41) is 4.94. The molecular weight excluding hydrogens is 281 g/mol. The van der Waals surface area contributed by atoms with Gasteiger partial charge >= 0.3 is 0 Å². The first kappa shape index (κ1) is 16.9. The maximum absolute atomic E-state index is 12.2. The average Bonchev–Trinajstić information content (AvgIpc) is 2.30. The molecule has 1 rings (SSSR count). The standard InChI is InChI=1S/C11H14FNO3S.ClH/c1-2-9(7-12)8-16-10-3-5-11(6-4-10)17(13,14)15;/h3-7H,2,8H2,1H3,(H2,13,14,15);1H/b9-7-;. The molecule has 0 atom stereocenters. The molecule has 0 heterocycles. The molecule has 0 unspecified atom stereocenters. The molecule has 0 amide bonds. The highest BCUT2D eigenvalue weighted by Crippen LogP contribution is 2.16. The Morgan fingerprint density at radius 3 is 2.33 bits per heavy atom. The lowest BCUT2D eigenvalue weighted by molar-refractivity contribution is 0.345. The SMILES string of the molecule is CC/C(=C/F)COc1ccc(S(N)(=O)=O)cc1.Cl. The number of sulfonamides is 1. The highest BCUT2D eigenvalue weighted by molar-refractivity contribution is 7.89. The van der Waals surface area contributed by atoms with Crippen molar-refractivity contribution in [2.75, 3.05) is 6.61 Å². The highest BCUT2D eigenvalue weighted by Gasteiger charge is 2.07. The summed E-state index contributed by atoms with van der Waals surface area (Å²) in [7, 11) is -3.69. The van der Waals surface area contributed by atoms with Crippen LogP contribution in [0.15, 0.2) is 41.1 Å². The number of benzene rings is 1. The quantitative estimate of drug-likeness (QED) is 0.907. The van der Waals surface area contributed by atoms with E-state index in [0.717, 1.165) is 0 Å². The van der Waals surface area contributed by atoms with Crippen molar-refractivity contribution in [3.8, 4) is 5.75 Å². The van der Waals surface area contributed by atoms with Crippen LogP contribution < -0.4 is 9.88 Å². The molecule has 4 nitrogen and oxygen atoms in total. The van der Waals surface area contributed by atoms with E-state index < -0.39 is 10.0 Å². The lowest BCUT2D eigenvalue weighted by atomic mass is 10.2. The zero-order valence-electron chi connectivity index (χ0n) is 9.80. The zero-order chi connectivity index (χ0) is 12.9. The van der Waals surface area contributed by atoms with Gasteiger partial charge in [0, 0.05) is 0 Å². The first-order chi connectivity index (χ1) is 7.97. The van der Waals surface area contributed by atoms with Gasteiger partial charge in [-0.3, -0.25) is 0 Å². The van der Waals surface area contributed by atoms with Crippen LogP contribution in [0.4, 0.5) is 4.39 Å². The predicted octanol–water partition coefficient (Wildman–Crippen LogP) is 2.40. The van der Waals surface area contributed by atoms with Gasteiger partial charge in [-0.05, 0) is 36.3 Å². The third-order valence-corrected chi connectivity index (χ3v) is 3.11. The van der Waals surface area contributed by atoms with E-state index in [0.29, 0.717) is 24.1 Å². The molecule has 1 aromatic rings. The van der Waals surface area contributed by atoms with Gasteiger partial charge in [0.25, 0.3) is 0 Å². The largest absolute Gasteiger partial charge is 0.489 e. The summed E-state index contributed by atoms with van der Waals surface area (Å²) in [5.41, 5.74) is 0.528. The number of hydrogen-bond donors (Lipinski definition) is 1. The van der Waals surface area contributed by atoms with E-state index in [1.54, 1.807) is 0 Å². The van der Waals surface area contributed by atoms with Gasteiger partial charge in [0.05, 0.1) is 11.2 Å². The molecular formula is C11H15ClFNO3S. The molecule has 0 fully saturated rings. The number of nitrogens with two attached hydrogens (primary N) is 1. The van der Waals surface area contributed by atoms with Crippen LogP contribution in [0.2, 0.25) is 0 Å². The Morgan fingerprint density at radius 2 is 1.94 bits per heavy atom. The van der Waals surface area contributed by atoms with Gasteiger partial charge in [-0.1, -0.05) is 6.92 Å². The topological polar surface area (TPSA) is 69.4 Å². The Kier molecular flexibility index (Phi) is 6.90. The summed E-state index contributed by atoms with van der Waals surface area (Å²) in [6.45, 7) is 1.96. The van der Waals surface area contributed by atoms with Gasteiger partial charge < -0.3 is 4.74 Å². The van der Waals surface area contributed by atoms with Crippen molar-refractivity contribution in [2.45, 2.75) is 18.2 Å². The number of primary sulfonamides is 1. The highest BCUT2D eigenvalue weighted by atomic mass is 35.5. The third-order valence-electron chi connectivity index (χ3n) is 2.18. The normalized spacial score (nSPS) is 11.8. The molecule has 0 radical (unpaired) electrons. The number of ether oxygens (including phenoxy) is 1. The van der Waals surface area contributed by atoms with Gasteiger partial charge in [-0.25, -0.2) is 17.9 Å². The average molecular weight is 296 g/mol. The summed E-state index contributed by atoms with van der Waals surface area (Å²) in [5.74, 6) is 0.463. The van der Waals surface area contributed by atoms with E-state index in [9.17, 15) is 12.8 Å². The summed E-state index contributed by atoms with van der Waals surface area (Å²) in [6, 6.07) is 5.64. The minimum atomic E-state index is -3.69. The molecule has 1 aromatic carbocycles. The Labute approximate surface area is 112 Å². The molecule has 7 heteroatoms. The molecule has 0 aliphatic rings. The second kappa shape index (κ2) is 7.35. The second-order valence-corrected chi connectivity index (χ2v) is 4.99. The van der Waals surface area contributed by atoms with E-state index in [-0.39, 0.29) is 23.9 Å². The molecule has 102 valence electrons. The summed E-state index contributed by atoms with van der Waals surface area (Å²) >= 11 is 0.